The largest absolute Gasteiger partial charge is 0.445 e. The lowest BCUT2D eigenvalue weighted by Gasteiger charge is -2.46. The van der Waals surface area contributed by atoms with Gasteiger partial charge in [-0.15, -0.1) is 0 Å². The van der Waals surface area contributed by atoms with Gasteiger partial charge in [0.2, 0.25) is 0 Å². The molecule has 0 radical (unpaired) electrons. The van der Waals surface area contributed by atoms with Crippen molar-refractivity contribution in [3.63, 3.8) is 0 Å². The van der Waals surface area contributed by atoms with E-state index in [1.165, 1.54) is 0 Å². The smallest absolute Gasteiger partial charge is 0.407 e. The maximum Gasteiger partial charge on any atom is 0.407 e. The number of carbonyl (C=O) groups excluding carboxylic acids is 1. The van der Waals surface area contributed by atoms with Gasteiger partial charge >= 0.3 is 6.09 Å². The molecule has 2 aliphatic rings. The summed E-state index contributed by atoms with van der Waals surface area (Å²) in [6, 6.07) is 0. The molecule has 1 N–H and O–H groups in total. The van der Waals surface area contributed by atoms with E-state index in [4.69, 9.17) is 4.74 Å². The third kappa shape index (κ3) is 1.50. The van der Waals surface area contributed by atoms with Gasteiger partial charge in [0.1, 0.15) is 6.10 Å². The highest BCUT2D eigenvalue weighted by Crippen LogP contribution is 2.33. The van der Waals surface area contributed by atoms with Gasteiger partial charge in [-0.05, 0) is 13.5 Å². The van der Waals surface area contributed by atoms with Crippen molar-refractivity contribution in [1.29, 1.82) is 0 Å². The van der Waals surface area contributed by atoms with Gasteiger partial charge in [0.05, 0.1) is 0 Å². The zero-order valence-corrected chi connectivity index (χ0v) is 8.17. The standard InChI is InChI=1S/C9H16N2O2/c1-9-5-10-8(12)13-7(9)3-4-11(2)6-9/h7H,3-6H2,1-2H3,(H,10,12). The molecule has 2 atom stereocenters. The molecule has 0 bridgehead atoms. The van der Waals surface area contributed by atoms with Crippen molar-refractivity contribution in [2.45, 2.75) is 19.4 Å². The molecule has 0 saturated carbocycles. The summed E-state index contributed by atoms with van der Waals surface area (Å²) < 4.78 is 5.26. The van der Waals surface area contributed by atoms with Crippen LogP contribution in [0.4, 0.5) is 4.79 Å². The van der Waals surface area contributed by atoms with Crippen LogP contribution in [0.2, 0.25) is 0 Å². The summed E-state index contributed by atoms with van der Waals surface area (Å²) in [6.07, 6.45) is 0.810. The van der Waals surface area contributed by atoms with E-state index >= 15 is 0 Å². The molecular formula is C9H16N2O2. The lowest BCUT2D eigenvalue weighted by molar-refractivity contribution is -0.0584. The fourth-order valence-corrected chi connectivity index (χ4v) is 2.30. The van der Waals surface area contributed by atoms with Gasteiger partial charge in [0.15, 0.2) is 0 Å². The first-order valence-corrected chi connectivity index (χ1v) is 4.73. The normalized spacial score (nSPS) is 40.5. The molecule has 0 aromatic heterocycles. The summed E-state index contributed by atoms with van der Waals surface area (Å²) in [6.45, 7) is 4.93. The SMILES string of the molecule is CN1CCC2OC(=O)NCC2(C)C1. The van der Waals surface area contributed by atoms with Gasteiger partial charge in [0, 0.05) is 25.0 Å². The Bertz CT molecular complexity index is 232. The van der Waals surface area contributed by atoms with Crippen LogP contribution in [0, 0.1) is 5.41 Å². The van der Waals surface area contributed by atoms with Crippen LogP contribution < -0.4 is 5.32 Å². The number of rotatable bonds is 0. The van der Waals surface area contributed by atoms with Crippen LogP contribution in [-0.4, -0.2) is 43.8 Å². The predicted molar refractivity (Wildman–Crippen MR) is 48.5 cm³/mol. The molecule has 1 amide bonds. The fraction of sp³-hybridized carbons (Fsp3) is 0.889. The van der Waals surface area contributed by atoms with Gasteiger partial charge in [0.25, 0.3) is 0 Å². The minimum Gasteiger partial charge on any atom is -0.445 e. The first-order valence-electron chi connectivity index (χ1n) is 4.73. The Morgan fingerprint density at radius 3 is 3.23 bits per heavy atom. The first-order chi connectivity index (χ1) is 6.10. The van der Waals surface area contributed by atoms with Crippen molar-refractivity contribution >= 4 is 6.09 Å². The number of alkyl carbamates (subject to hydrolysis) is 1. The number of carbonyl (C=O) groups is 1. The van der Waals surface area contributed by atoms with E-state index in [0.29, 0.717) is 0 Å². The van der Waals surface area contributed by atoms with Gasteiger partial charge in [-0.2, -0.15) is 0 Å². The van der Waals surface area contributed by atoms with Crippen LogP contribution >= 0.6 is 0 Å². The van der Waals surface area contributed by atoms with Crippen LogP contribution in [0.5, 0.6) is 0 Å². The topological polar surface area (TPSA) is 41.6 Å². The molecule has 2 unspecified atom stereocenters. The highest BCUT2D eigenvalue weighted by Gasteiger charge is 2.44. The van der Waals surface area contributed by atoms with Gasteiger partial charge in [-0.1, -0.05) is 6.92 Å². The third-order valence-electron chi connectivity index (χ3n) is 3.07. The monoisotopic (exact) mass is 184 g/mol. The zero-order chi connectivity index (χ0) is 9.47. The Balaban J connectivity index is 2.11. The third-order valence-corrected chi connectivity index (χ3v) is 3.07. The van der Waals surface area contributed by atoms with Crippen LogP contribution in [0.25, 0.3) is 0 Å². The van der Waals surface area contributed by atoms with Crippen molar-refractivity contribution < 1.29 is 9.53 Å². The minimum atomic E-state index is -0.257. The molecule has 0 spiro atoms. The second-order valence-corrected chi connectivity index (χ2v) is 4.43. The molecule has 2 fully saturated rings. The molecule has 74 valence electrons. The first kappa shape index (κ1) is 8.81. The quantitative estimate of drug-likeness (QED) is 0.594. The molecule has 2 saturated heterocycles. The summed E-state index contributed by atoms with van der Waals surface area (Å²) in [4.78, 5) is 13.3. The highest BCUT2D eigenvalue weighted by atomic mass is 16.6. The van der Waals surface area contributed by atoms with Crippen LogP contribution in [0.3, 0.4) is 0 Å². The summed E-state index contributed by atoms with van der Waals surface area (Å²) in [5.41, 5.74) is 0.0981. The van der Waals surface area contributed by atoms with E-state index in [1.807, 2.05) is 0 Å². The molecule has 4 nitrogen and oxygen atoms in total. The number of nitrogens with zero attached hydrogens (tertiary/aromatic N) is 1. The maximum absolute atomic E-state index is 11.0. The Morgan fingerprint density at radius 1 is 1.69 bits per heavy atom. The van der Waals surface area contributed by atoms with Crippen molar-refractivity contribution in [3.05, 3.63) is 0 Å². The molecule has 13 heavy (non-hydrogen) atoms. The number of hydrogen-bond acceptors (Lipinski definition) is 3. The van der Waals surface area contributed by atoms with Gasteiger partial charge in [-0.25, -0.2) is 4.79 Å². The lowest BCUT2D eigenvalue weighted by atomic mass is 9.78. The lowest BCUT2D eigenvalue weighted by Crippen LogP contribution is -2.59. The molecule has 2 heterocycles. The minimum absolute atomic E-state index is 0.0981. The molecule has 0 aliphatic carbocycles. The van der Waals surface area contributed by atoms with E-state index in [9.17, 15) is 4.79 Å². The van der Waals surface area contributed by atoms with E-state index in [1.54, 1.807) is 0 Å². The number of fused-ring (bicyclic) bond motifs is 1. The molecule has 2 rings (SSSR count). The molecule has 4 heteroatoms. The van der Waals surface area contributed by atoms with Gasteiger partial charge < -0.3 is 15.0 Å². The van der Waals surface area contributed by atoms with E-state index in [0.717, 1.165) is 26.1 Å². The number of ether oxygens (including phenoxy) is 1. The summed E-state index contributed by atoms with van der Waals surface area (Å²) in [5, 5.41) is 2.75. The summed E-state index contributed by atoms with van der Waals surface area (Å²) in [5.74, 6) is 0. The average molecular weight is 184 g/mol. The molecule has 0 aromatic carbocycles. The summed E-state index contributed by atoms with van der Waals surface area (Å²) in [7, 11) is 2.11. The Morgan fingerprint density at radius 2 is 2.46 bits per heavy atom. The highest BCUT2D eigenvalue weighted by molar-refractivity contribution is 5.68. The number of likely N-dealkylation sites (tertiary alicyclic amines) is 1. The van der Waals surface area contributed by atoms with E-state index in [-0.39, 0.29) is 17.6 Å². The zero-order valence-electron chi connectivity index (χ0n) is 8.17. The fourth-order valence-electron chi connectivity index (χ4n) is 2.30. The Hall–Kier alpha value is -0.770. The van der Waals surface area contributed by atoms with Crippen molar-refractivity contribution in [1.82, 2.24) is 10.2 Å². The van der Waals surface area contributed by atoms with E-state index < -0.39 is 0 Å². The van der Waals surface area contributed by atoms with Crippen LogP contribution in [0.1, 0.15) is 13.3 Å². The second-order valence-electron chi connectivity index (χ2n) is 4.43. The van der Waals surface area contributed by atoms with Crippen molar-refractivity contribution in [2.24, 2.45) is 5.41 Å². The second kappa shape index (κ2) is 2.87. The number of amides is 1. The molecule has 2 aliphatic heterocycles. The van der Waals surface area contributed by atoms with Crippen LogP contribution in [-0.2, 0) is 4.74 Å². The van der Waals surface area contributed by atoms with Crippen molar-refractivity contribution in [2.75, 3.05) is 26.7 Å². The molecular weight excluding hydrogens is 168 g/mol. The number of nitrogens with one attached hydrogen (secondary N) is 1. The van der Waals surface area contributed by atoms with Crippen molar-refractivity contribution in [3.8, 4) is 0 Å². The van der Waals surface area contributed by atoms with E-state index in [2.05, 4.69) is 24.2 Å². The summed E-state index contributed by atoms with van der Waals surface area (Å²) >= 11 is 0. The number of piperidine rings is 1. The average Bonchev–Trinajstić information content (AvgIpc) is 2.06. The molecule has 0 aromatic rings. The maximum atomic E-state index is 11.0. The Labute approximate surface area is 78.2 Å². The Kier molecular flexibility index (Phi) is 1.95. The van der Waals surface area contributed by atoms with Gasteiger partial charge in [-0.3, -0.25) is 0 Å². The van der Waals surface area contributed by atoms with Crippen LogP contribution in [0.15, 0.2) is 0 Å². The number of hydrogen-bond donors (Lipinski definition) is 1. The predicted octanol–water partition coefficient (Wildman–Crippen LogP) is 0.437.